The first-order valence-corrected chi connectivity index (χ1v) is 6.88. The van der Waals surface area contributed by atoms with E-state index < -0.39 is 0 Å². The number of hydrogen-bond donors (Lipinski definition) is 1. The SMILES string of the molecule is COc1cccc(SCC(N)C2CCOC2)c1. The zero-order chi connectivity index (χ0) is 12.1. The molecule has 1 fully saturated rings. The van der Waals surface area contributed by atoms with Crippen molar-refractivity contribution in [2.45, 2.75) is 17.4 Å². The Morgan fingerprint density at radius 1 is 1.59 bits per heavy atom. The Bertz CT molecular complexity index is 353. The first-order valence-electron chi connectivity index (χ1n) is 5.90. The van der Waals surface area contributed by atoms with Gasteiger partial charge in [-0.3, -0.25) is 0 Å². The third-order valence-corrected chi connectivity index (χ3v) is 4.19. The molecule has 2 atom stereocenters. The summed E-state index contributed by atoms with van der Waals surface area (Å²) in [4.78, 5) is 1.21. The molecule has 0 saturated carbocycles. The number of ether oxygens (including phenoxy) is 2. The van der Waals surface area contributed by atoms with Gasteiger partial charge < -0.3 is 15.2 Å². The molecule has 0 spiro atoms. The lowest BCUT2D eigenvalue weighted by Gasteiger charge is -2.17. The van der Waals surface area contributed by atoms with Crippen molar-refractivity contribution in [1.82, 2.24) is 0 Å². The maximum Gasteiger partial charge on any atom is 0.119 e. The molecule has 2 N–H and O–H groups in total. The summed E-state index contributed by atoms with van der Waals surface area (Å²) in [5.74, 6) is 2.35. The van der Waals surface area contributed by atoms with E-state index in [4.69, 9.17) is 15.2 Å². The topological polar surface area (TPSA) is 44.5 Å². The van der Waals surface area contributed by atoms with Crippen LogP contribution in [-0.2, 0) is 4.74 Å². The molecule has 2 rings (SSSR count). The summed E-state index contributed by atoms with van der Waals surface area (Å²) in [5, 5.41) is 0. The summed E-state index contributed by atoms with van der Waals surface area (Å²) in [6, 6.07) is 8.31. The molecule has 0 aromatic heterocycles. The number of nitrogens with two attached hydrogens (primary N) is 1. The van der Waals surface area contributed by atoms with Gasteiger partial charge in [0.25, 0.3) is 0 Å². The largest absolute Gasteiger partial charge is 0.497 e. The van der Waals surface area contributed by atoms with Crippen molar-refractivity contribution in [1.29, 1.82) is 0 Å². The maximum absolute atomic E-state index is 6.17. The number of benzene rings is 1. The predicted octanol–water partition coefficient (Wildman–Crippen LogP) is 2.15. The normalized spacial score (nSPS) is 21.4. The molecule has 1 aromatic rings. The molecular weight excluding hydrogens is 234 g/mol. The maximum atomic E-state index is 6.17. The smallest absolute Gasteiger partial charge is 0.119 e. The van der Waals surface area contributed by atoms with Crippen molar-refractivity contribution < 1.29 is 9.47 Å². The van der Waals surface area contributed by atoms with Crippen molar-refractivity contribution in [2.75, 3.05) is 26.1 Å². The highest BCUT2D eigenvalue weighted by Gasteiger charge is 2.22. The van der Waals surface area contributed by atoms with Gasteiger partial charge in [-0.05, 0) is 24.6 Å². The lowest BCUT2D eigenvalue weighted by molar-refractivity contribution is 0.182. The first-order chi connectivity index (χ1) is 8.29. The average molecular weight is 253 g/mol. The van der Waals surface area contributed by atoms with Crippen LogP contribution >= 0.6 is 11.8 Å². The summed E-state index contributed by atoms with van der Waals surface area (Å²) in [6.45, 7) is 1.68. The molecule has 0 amide bonds. The molecule has 2 unspecified atom stereocenters. The fraction of sp³-hybridized carbons (Fsp3) is 0.538. The van der Waals surface area contributed by atoms with Crippen LogP contribution in [0.1, 0.15) is 6.42 Å². The van der Waals surface area contributed by atoms with Crippen molar-refractivity contribution in [3.05, 3.63) is 24.3 Å². The van der Waals surface area contributed by atoms with Crippen molar-refractivity contribution in [3.63, 3.8) is 0 Å². The molecular formula is C13H19NO2S. The van der Waals surface area contributed by atoms with Gasteiger partial charge in [0.05, 0.1) is 13.7 Å². The highest BCUT2D eigenvalue weighted by molar-refractivity contribution is 7.99. The lowest BCUT2D eigenvalue weighted by Crippen LogP contribution is -2.32. The Hall–Kier alpha value is -0.710. The van der Waals surface area contributed by atoms with Crippen LogP contribution in [0.3, 0.4) is 0 Å². The molecule has 1 saturated heterocycles. The molecule has 1 aromatic carbocycles. The third-order valence-electron chi connectivity index (χ3n) is 3.05. The molecule has 1 aliphatic heterocycles. The second-order valence-electron chi connectivity index (χ2n) is 4.28. The molecule has 0 radical (unpaired) electrons. The van der Waals surface area contributed by atoms with E-state index in [9.17, 15) is 0 Å². The number of methoxy groups -OCH3 is 1. The first kappa shape index (κ1) is 12.7. The van der Waals surface area contributed by atoms with Gasteiger partial charge in [-0.25, -0.2) is 0 Å². The molecule has 1 heterocycles. The van der Waals surface area contributed by atoms with Gasteiger partial charge >= 0.3 is 0 Å². The van der Waals surface area contributed by atoms with Crippen LogP contribution < -0.4 is 10.5 Å². The molecule has 1 aliphatic rings. The minimum atomic E-state index is 0.216. The van der Waals surface area contributed by atoms with Gasteiger partial charge in [-0.1, -0.05) is 6.07 Å². The summed E-state index contributed by atoms with van der Waals surface area (Å²) >= 11 is 1.78. The second kappa shape index (κ2) is 6.28. The summed E-state index contributed by atoms with van der Waals surface area (Å²) in [6.07, 6.45) is 1.10. The molecule has 94 valence electrons. The third kappa shape index (κ3) is 3.63. The zero-order valence-corrected chi connectivity index (χ0v) is 10.9. The Kier molecular flexibility index (Phi) is 4.71. The summed E-state index contributed by atoms with van der Waals surface area (Å²) in [5.41, 5.74) is 6.17. The highest BCUT2D eigenvalue weighted by atomic mass is 32.2. The van der Waals surface area contributed by atoms with E-state index in [0.717, 1.165) is 31.1 Å². The Morgan fingerprint density at radius 3 is 3.18 bits per heavy atom. The zero-order valence-electron chi connectivity index (χ0n) is 10.1. The fourth-order valence-corrected chi connectivity index (χ4v) is 2.94. The summed E-state index contributed by atoms with van der Waals surface area (Å²) < 4.78 is 10.6. The van der Waals surface area contributed by atoms with Crippen LogP contribution in [0.4, 0.5) is 0 Å². The van der Waals surface area contributed by atoms with Crippen LogP contribution in [0.2, 0.25) is 0 Å². The Labute approximate surface area is 107 Å². The van der Waals surface area contributed by atoms with Crippen molar-refractivity contribution >= 4 is 11.8 Å². The molecule has 17 heavy (non-hydrogen) atoms. The Morgan fingerprint density at radius 2 is 2.47 bits per heavy atom. The van der Waals surface area contributed by atoms with Crippen LogP contribution in [0.5, 0.6) is 5.75 Å². The van der Waals surface area contributed by atoms with Crippen LogP contribution in [0.25, 0.3) is 0 Å². The van der Waals surface area contributed by atoms with E-state index in [1.165, 1.54) is 4.90 Å². The van der Waals surface area contributed by atoms with Crippen molar-refractivity contribution in [3.8, 4) is 5.75 Å². The van der Waals surface area contributed by atoms with Crippen molar-refractivity contribution in [2.24, 2.45) is 11.7 Å². The van der Waals surface area contributed by atoms with Gasteiger partial charge in [-0.2, -0.15) is 0 Å². The van der Waals surface area contributed by atoms with E-state index >= 15 is 0 Å². The Balaban J connectivity index is 1.83. The second-order valence-corrected chi connectivity index (χ2v) is 5.37. The van der Waals surface area contributed by atoms with Gasteiger partial charge in [0.15, 0.2) is 0 Å². The summed E-state index contributed by atoms with van der Waals surface area (Å²) in [7, 11) is 1.69. The van der Waals surface area contributed by atoms with Crippen LogP contribution in [0.15, 0.2) is 29.2 Å². The van der Waals surface area contributed by atoms with Gasteiger partial charge in [0.1, 0.15) is 5.75 Å². The van der Waals surface area contributed by atoms with Crippen LogP contribution in [0, 0.1) is 5.92 Å². The van der Waals surface area contributed by atoms with Gasteiger partial charge in [-0.15, -0.1) is 11.8 Å². The number of hydrogen-bond acceptors (Lipinski definition) is 4. The van der Waals surface area contributed by atoms with Gasteiger partial charge in [0.2, 0.25) is 0 Å². The average Bonchev–Trinajstić information content (AvgIpc) is 2.90. The quantitative estimate of drug-likeness (QED) is 0.817. The fourth-order valence-electron chi connectivity index (χ4n) is 1.91. The number of rotatable bonds is 5. The van der Waals surface area contributed by atoms with E-state index in [1.54, 1.807) is 18.9 Å². The van der Waals surface area contributed by atoms with Crippen LogP contribution in [-0.4, -0.2) is 32.1 Å². The lowest BCUT2D eigenvalue weighted by atomic mass is 10.0. The monoisotopic (exact) mass is 253 g/mol. The predicted molar refractivity (Wildman–Crippen MR) is 70.6 cm³/mol. The minimum absolute atomic E-state index is 0.216. The molecule has 0 bridgehead atoms. The highest BCUT2D eigenvalue weighted by Crippen LogP contribution is 2.25. The van der Waals surface area contributed by atoms with E-state index in [-0.39, 0.29) is 6.04 Å². The minimum Gasteiger partial charge on any atom is -0.497 e. The standard InChI is InChI=1S/C13H19NO2S/c1-15-11-3-2-4-12(7-11)17-9-13(14)10-5-6-16-8-10/h2-4,7,10,13H,5-6,8-9,14H2,1H3. The van der Waals surface area contributed by atoms with E-state index in [1.807, 2.05) is 18.2 Å². The molecule has 4 heteroatoms. The molecule has 0 aliphatic carbocycles. The number of thioether (sulfide) groups is 1. The molecule has 3 nitrogen and oxygen atoms in total. The van der Waals surface area contributed by atoms with Gasteiger partial charge in [0, 0.05) is 29.2 Å². The van der Waals surface area contributed by atoms with E-state index in [0.29, 0.717) is 5.92 Å². The van der Waals surface area contributed by atoms with E-state index in [2.05, 4.69) is 6.07 Å².